The Morgan fingerprint density at radius 3 is 2.90 bits per heavy atom. The number of nitrogens with zero attached hydrogens (tertiary/aromatic N) is 1. The summed E-state index contributed by atoms with van der Waals surface area (Å²) >= 11 is 6.14. The van der Waals surface area contributed by atoms with E-state index in [0.717, 1.165) is 24.4 Å². The molecule has 1 aliphatic carbocycles. The largest absolute Gasteiger partial charge is 0.355 e. The molecule has 0 saturated heterocycles. The summed E-state index contributed by atoms with van der Waals surface area (Å²) in [4.78, 5) is 11.0. The fraction of sp³-hybridized carbons (Fsp3) is 0.312. The molecule has 1 N–H and O–H groups in total. The molecule has 1 aromatic heterocycles. The van der Waals surface area contributed by atoms with Crippen molar-refractivity contribution < 1.29 is 4.79 Å². The van der Waals surface area contributed by atoms with E-state index in [9.17, 15) is 4.79 Å². The summed E-state index contributed by atoms with van der Waals surface area (Å²) in [6.07, 6.45) is 4.23. The molecule has 1 amide bonds. The molecule has 1 heterocycles. The number of carbonyl (C=O) groups is 1. The van der Waals surface area contributed by atoms with Crippen molar-refractivity contribution in [2.24, 2.45) is 0 Å². The Morgan fingerprint density at radius 1 is 1.30 bits per heavy atom. The second-order valence-electron chi connectivity index (χ2n) is 5.17. The summed E-state index contributed by atoms with van der Waals surface area (Å²) in [7, 11) is 0. The Labute approximate surface area is 123 Å². The first-order valence-electron chi connectivity index (χ1n) is 6.86. The minimum atomic E-state index is 0.00877. The van der Waals surface area contributed by atoms with E-state index in [1.807, 2.05) is 12.1 Å². The van der Waals surface area contributed by atoms with Gasteiger partial charge in [-0.1, -0.05) is 17.7 Å². The molecule has 0 spiro atoms. The molecular weight excluding hydrogens is 272 g/mol. The van der Waals surface area contributed by atoms with Gasteiger partial charge >= 0.3 is 0 Å². The predicted octanol–water partition coefficient (Wildman–Crippen LogP) is 3.04. The molecule has 0 unspecified atom stereocenters. The van der Waals surface area contributed by atoms with Crippen LogP contribution in [0.3, 0.4) is 0 Å². The van der Waals surface area contributed by atoms with E-state index < -0.39 is 0 Å². The Bertz CT molecular complexity index is 660. The first-order chi connectivity index (χ1) is 9.65. The third-order valence-electron chi connectivity index (χ3n) is 3.76. The highest BCUT2D eigenvalue weighted by molar-refractivity contribution is 6.30. The number of rotatable bonds is 3. The summed E-state index contributed by atoms with van der Waals surface area (Å²) in [5.41, 5.74) is 5.19. The molecule has 0 saturated carbocycles. The third kappa shape index (κ3) is 2.46. The van der Waals surface area contributed by atoms with Gasteiger partial charge in [-0.2, -0.15) is 0 Å². The summed E-state index contributed by atoms with van der Waals surface area (Å²) in [5.74, 6) is 0.00877. The first kappa shape index (κ1) is 13.3. The standard InChI is InChI=1S/C16H17ClN2O/c1-11(20)18-7-9-19-8-6-13-3-2-12-4-5-14(17)10-15(12)16(13)19/h4-6,8,10H,2-3,7,9H2,1H3,(H,18,20). The second-order valence-corrected chi connectivity index (χ2v) is 5.60. The van der Waals surface area contributed by atoms with Crippen LogP contribution in [0.25, 0.3) is 11.3 Å². The normalized spacial score (nSPS) is 12.7. The molecule has 104 valence electrons. The molecule has 0 fully saturated rings. The maximum absolute atomic E-state index is 11.0. The highest BCUT2D eigenvalue weighted by atomic mass is 35.5. The van der Waals surface area contributed by atoms with E-state index in [-0.39, 0.29) is 5.91 Å². The van der Waals surface area contributed by atoms with Crippen LogP contribution in [-0.4, -0.2) is 17.0 Å². The topological polar surface area (TPSA) is 34.0 Å². The van der Waals surface area contributed by atoms with Crippen LogP contribution in [0.4, 0.5) is 0 Å². The zero-order valence-electron chi connectivity index (χ0n) is 11.4. The maximum Gasteiger partial charge on any atom is 0.216 e. The van der Waals surface area contributed by atoms with Crippen molar-refractivity contribution in [3.8, 4) is 11.3 Å². The number of aromatic nitrogens is 1. The van der Waals surface area contributed by atoms with Gasteiger partial charge < -0.3 is 9.88 Å². The van der Waals surface area contributed by atoms with E-state index >= 15 is 0 Å². The van der Waals surface area contributed by atoms with Crippen molar-refractivity contribution in [2.75, 3.05) is 6.54 Å². The lowest BCUT2D eigenvalue weighted by Gasteiger charge is -2.20. The molecular formula is C16H17ClN2O. The number of amides is 1. The van der Waals surface area contributed by atoms with Gasteiger partial charge in [-0.05, 0) is 42.2 Å². The number of benzene rings is 1. The zero-order chi connectivity index (χ0) is 14.1. The molecule has 0 atom stereocenters. The summed E-state index contributed by atoms with van der Waals surface area (Å²) in [5, 5.41) is 3.61. The zero-order valence-corrected chi connectivity index (χ0v) is 12.2. The van der Waals surface area contributed by atoms with Gasteiger partial charge in [0, 0.05) is 36.8 Å². The Kier molecular flexibility index (Phi) is 3.53. The number of carbonyl (C=O) groups excluding carboxylic acids is 1. The molecule has 1 aliphatic rings. The fourth-order valence-electron chi connectivity index (χ4n) is 2.84. The average Bonchev–Trinajstić information content (AvgIpc) is 2.82. The smallest absolute Gasteiger partial charge is 0.216 e. The van der Waals surface area contributed by atoms with Crippen molar-refractivity contribution in [2.45, 2.75) is 26.3 Å². The van der Waals surface area contributed by atoms with Crippen molar-refractivity contribution in [3.63, 3.8) is 0 Å². The molecule has 0 bridgehead atoms. The second kappa shape index (κ2) is 5.33. The van der Waals surface area contributed by atoms with Crippen LogP contribution in [0, 0.1) is 0 Å². The molecule has 3 nitrogen and oxygen atoms in total. The Hall–Kier alpha value is -1.74. The summed E-state index contributed by atoms with van der Waals surface area (Å²) in [6.45, 7) is 2.97. The van der Waals surface area contributed by atoms with Crippen molar-refractivity contribution in [1.29, 1.82) is 0 Å². The highest BCUT2D eigenvalue weighted by Crippen LogP contribution is 2.35. The lowest BCUT2D eigenvalue weighted by molar-refractivity contribution is -0.118. The van der Waals surface area contributed by atoms with Crippen molar-refractivity contribution in [3.05, 3.63) is 46.6 Å². The number of hydrogen-bond donors (Lipinski definition) is 1. The lowest BCUT2D eigenvalue weighted by atomic mass is 9.90. The minimum Gasteiger partial charge on any atom is -0.355 e. The molecule has 4 heteroatoms. The van der Waals surface area contributed by atoms with Crippen LogP contribution in [-0.2, 0) is 24.2 Å². The summed E-state index contributed by atoms with van der Waals surface area (Å²) in [6, 6.07) is 8.29. The molecule has 0 aliphatic heterocycles. The SMILES string of the molecule is CC(=O)NCCn1ccc2c1-c1cc(Cl)ccc1CC2. The summed E-state index contributed by atoms with van der Waals surface area (Å²) < 4.78 is 2.21. The first-order valence-corrected chi connectivity index (χ1v) is 7.24. The maximum atomic E-state index is 11.0. The van der Waals surface area contributed by atoms with Crippen LogP contribution < -0.4 is 5.32 Å². The minimum absolute atomic E-state index is 0.00877. The van der Waals surface area contributed by atoms with E-state index in [1.54, 1.807) is 6.92 Å². The Balaban J connectivity index is 1.93. The van der Waals surface area contributed by atoms with E-state index in [0.29, 0.717) is 6.54 Å². The van der Waals surface area contributed by atoms with Gasteiger partial charge in [-0.15, -0.1) is 0 Å². The van der Waals surface area contributed by atoms with Gasteiger partial charge in [0.2, 0.25) is 5.91 Å². The van der Waals surface area contributed by atoms with Crippen LogP contribution >= 0.6 is 11.6 Å². The van der Waals surface area contributed by atoms with E-state index in [1.165, 1.54) is 22.4 Å². The molecule has 0 radical (unpaired) electrons. The van der Waals surface area contributed by atoms with Gasteiger partial charge in [-0.3, -0.25) is 4.79 Å². The van der Waals surface area contributed by atoms with Gasteiger partial charge in [0.1, 0.15) is 0 Å². The number of halogens is 1. The van der Waals surface area contributed by atoms with Gasteiger partial charge in [0.15, 0.2) is 0 Å². The number of nitrogens with one attached hydrogen (secondary N) is 1. The van der Waals surface area contributed by atoms with Crippen LogP contribution in [0.1, 0.15) is 18.1 Å². The lowest BCUT2D eigenvalue weighted by Crippen LogP contribution is -2.24. The quantitative estimate of drug-likeness (QED) is 0.925. The molecule has 2 aromatic rings. The third-order valence-corrected chi connectivity index (χ3v) is 4.00. The van der Waals surface area contributed by atoms with E-state index in [2.05, 4.69) is 28.2 Å². The van der Waals surface area contributed by atoms with Gasteiger partial charge in [0.05, 0.1) is 5.69 Å². The monoisotopic (exact) mass is 288 g/mol. The Morgan fingerprint density at radius 2 is 2.10 bits per heavy atom. The number of hydrogen-bond acceptors (Lipinski definition) is 1. The van der Waals surface area contributed by atoms with Crippen molar-refractivity contribution in [1.82, 2.24) is 9.88 Å². The predicted molar refractivity (Wildman–Crippen MR) is 81.0 cm³/mol. The van der Waals surface area contributed by atoms with Crippen LogP contribution in [0.2, 0.25) is 5.02 Å². The van der Waals surface area contributed by atoms with E-state index in [4.69, 9.17) is 11.6 Å². The molecule has 20 heavy (non-hydrogen) atoms. The van der Waals surface area contributed by atoms with Crippen molar-refractivity contribution >= 4 is 17.5 Å². The highest BCUT2D eigenvalue weighted by Gasteiger charge is 2.19. The van der Waals surface area contributed by atoms with Crippen LogP contribution in [0.15, 0.2) is 30.5 Å². The number of fused-ring (bicyclic) bond motifs is 3. The molecule has 3 rings (SSSR count). The molecule has 1 aromatic carbocycles. The van der Waals surface area contributed by atoms with Crippen LogP contribution in [0.5, 0.6) is 0 Å². The van der Waals surface area contributed by atoms with Gasteiger partial charge in [0.25, 0.3) is 0 Å². The fourth-order valence-corrected chi connectivity index (χ4v) is 3.01. The van der Waals surface area contributed by atoms with Gasteiger partial charge in [-0.25, -0.2) is 0 Å². The average molecular weight is 289 g/mol. The number of aryl methyl sites for hydroxylation is 2.